The Morgan fingerprint density at radius 2 is 1.87 bits per heavy atom. The highest BCUT2D eigenvalue weighted by Crippen LogP contribution is 2.31. The van der Waals surface area contributed by atoms with Crippen molar-refractivity contribution in [2.75, 3.05) is 14.2 Å². The summed E-state index contributed by atoms with van der Waals surface area (Å²) >= 11 is 0. The van der Waals surface area contributed by atoms with Gasteiger partial charge >= 0.3 is 0 Å². The highest BCUT2D eigenvalue weighted by Gasteiger charge is 2.44. The Bertz CT molecular complexity index is 174. The van der Waals surface area contributed by atoms with Crippen LogP contribution in [0.5, 0.6) is 0 Å². The fourth-order valence-electron chi connectivity index (χ4n) is 1.65. The van der Waals surface area contributed by atoms with Gasteiger partial charge in [-0.05, 0) is 13.8 Å². The lowest BCUT2D eigenvalue weighted by Gasteiger charge is -2.43. The maximum absolute atomic E-state index is 9.80. The molecule has 4 nitrogen and oxygen atoms in total. The second-order valence-corrected chi connectivity index (χ2v) is 3.67. The molecule has 0 amide bonds. The van der Waals surface area contributed by atoms with Crippen LogP contribution >= 0.6 is 0 Å². The van der Waals surface area contributed by atoms with Gasteiger partial charge in [-0.2, -0.15) is 0 Å². The standard InChI is InChI=1S/C9H18O4.C2H6/c1-6-8(10)9(2,12-4)5-7(11-3)13-6;1-2/h6-8,10H,5H2,1-4H3;1-2H3. The van der Waals surface area contributed by atoms with E-state index in [-0.39, 0.29) is 12.4 Å². The van der Waals surface area contributed by atoms with Crippen LogP contribution in [0, 0.1) is 0 Å². The van der Waals surface area contributed by atoms with E-state index < -0.39 is 11.7 Å². The summed E-state index contributed by atoms with van der Waals surface area (Å²) in [5, 5.41) is 9.80. The highest BCUT2D eigenvalue weighted by molar-refractivity contribution is 4.92. The van der Waals surface area contributed by atoms with Crippen molar-refractivity contribution in [2.45, 2.75) is 58.2 Å². The lowest BCUT2D eigenvalue weighted by atomic mass is 9.88. The zero-order valence-corrected chi connectivity index (χ0v) is 10.6. The van der Waals surface area contributed by atoms with Gasteiger partial charge in [0.2, 0.25) is 0 Å². The van der Waals surface area contributed by atoms with Crippen molar-refractivity contribution in [3.05, 3.63) is 0 Å². The average molecular weight is 220 g/mol. The fraction of sp³-hybridized carbons (Fsp3) is 1.00. The summed E-state index contributed by atoms with van der Waals surface area (Å²) in [6.45, 7) is 7.68. The van der Waals surface area contributed by atoms with Crippen LogP contribution in [-0.2, 0) is 14.2 Å². The van der Waals surface area contributed by atoms with Gasteiger partial charge in [0.25, 0.3) is 0 Å². The van der Waals surface area contributed by atoms with Crippen LogP contribution in [0.15, 0.2) is 0 Å². The van der Waals surface area contributed by atoms with Gasteiger partial charge in [-0.3, -0.25) is 0 Å². The largest absolute Gasteiger partial charge is 0.387 e. The summed E-state index contributed by atoms with van der Waals surface area (Å²) in [7, 11) is 3.18. The van der Waals surface area contributed by atoms with E-state index in [1.54, 1.807) is 14.2 Å². The van der Waals surface area contributed by atoms with Crippen molar-refractivity contribution in [1.29, 1.82) is 0 Å². The minimum absolute atomic E-state index is 0.261. The van der Waals surface area contributed by atoms with Crippen molar-refractivity contribution in [3.8, 4) is 0 Å². The first-order valence-corrected chi connectivity index (χ1v) is 5.45. The first-order valence-electron chi connectivity index (χ1n) is 5.45. The first kappa shape index (κ1) is 14.8. The van der Waals surface area contributed by atoms with E-state index in [0.717, 1.165) is 0 Å². The second-order valence-electron chi connectivity index (χ2n) is 3.67. The maximum atomic E-state index is 9.80. The topological polar surface area (TPSA) is 47.9 Å². The van der Waals surface area contributed by atoms with Gasteiger partial charge in [-0.25, -0.2) is 0 Å². The smallest absolute Gasteiger partial charge is 0.160 e. The van der Waals surface area contributed by atoms with E-state index in [0.29, 0.717) is 6.42 Å². The van der Waals surface area contributed by atoms with E-state index in [1.165, 1.54) is 0 Å². The van der Waals surface area contributed by atoms with Crippen LogP contribution in [0.1, 0.15) is 34.1 Å². The molecule has 0 aliphatic carbocycles. The predicted octanol–water partition coefficient (Wildman–Crippen LogP) is 1.56. The number of rotatable bonds is 2. The summed E-state index contributed by atoms with van der Waals surface area (Å²) < 4.78 is 15.8. The normalized spacial score (nSPS) is 40.6. The summed E-state index contributed by atoms with van der Waals surface area (Å²) in [4.78, 5) is 0. The van der Waals surface area contributed by atoms with Gasteiger partial charge in [0.15, 0.2) is 6.29 Å². The number of aliphatic hydroxyl groups is 1. The molecule has 1 rings (SSSR count). The second kappa shape index (κ2) is 6.43. The molecule has 15 heavy (non-hydrogen) atoms. The summed E-state index contributed by atoms with van der Waals surface area (Å²) in [6, 6.07) is 0. The molecule has 0 saturated carbocycles. The molecule has 1 aliphatic heterocycles. The van der Waals surface area contributed by atoms with Gasteiger partial charge in [0, 0.05) is 20.6 Å². The van der Waals surface area contributed by atoms with E-state index in [4.69, 9.17) is 14.2 Å². The van der Waals surface area contributed by atoms with E-state index in [9.17, 15) is 5.11 Å². The Balaban J connectivity index is 0.000000921. The number of hydrogen-bond donors (Lipinski definition) is 1. The molecule has 0 aromatic rings. The van der Waals surface area contributed by atoms with E-state index in [2.05, 4.69) is 0 Å². The van der Waals surface area contributed by atoms with Crippen LogP contribution in [0.4, 0.5) is 0 Å². The third-order valence-corrected chi connectivity index (χ3v) is 2.74. The van der Waals surface area contributed by atoms with Crippen molar-refractivity contribution in [3.63, 3.8) is 0 Å². The van der Waals surface area contributed by atoms with Gasteiger partial charge in [0.1, 0.15) is 6.10 Å². The Labute approximate surface area is 92.5 Å². The lowest BCUT2D eigenvalue weighted by Crippen LogP contribution is -2.56. The Kier molecular flexibility index (Phi) is 6.36. The molecule has 1 heterocycles. The number of aliphatic hydroxyl groups excluding tert-OH is 1. The van der Waals surface area contributed by atoms with Crippen LogP contribution in [-0.4, -0.2) is 43.4 Å². The quantitative estimate of drug-likeness (QED) is 0.767. The zero-order chi connectivity index (χ0) is 12.1. The fourth-order valence-corrected chi connectivity index (χ4v) is 1.65. The van der Waals surface area contributed by atoms with Crippen LogP contribution < -0.4 is 0 Å². The molecular formula is C11H24O4. The molecule has 92 valence electrons. The van der Waals surface area contributed by atoms with E-state index >= 15 is 0 Å². The molecule has 0 aromatic heterocycles. The molecule has 1 N–H and O–H groups in total. The van der Waals surface area contributed by atoms with E-state index in [1.807, 2.05) is 27.7 Å². The molecule has 0 radical (unpaired) electrons. The molecule has 0 bridgehead atoms. The van der Waals surface area contributed by atoms with Gasteiger partial charge in [-0.1, -0.05) is 13.8 Å². The third-order valence-electron chi connectivity index (χ3n) is 2.74. The third kappa shape index (κ3) is 3.41. The number of hydrogen-bond acceptors (Lipinski definition) is 4. The van der Waals surface area contributed by atoms with Crippen LogP contribution in [0.2, 0.25) is 0 Å². The van der Waals surface area contributed by atoms with Crippen molar-refractivity contribution < 1.29 is 19.3 Å². The SMILES string of the molecule is CC.COC1CC(C)(OC)C(O)C(C)O1. The molecule has 1 fully saturated rings. The molecular weight excluding hydrogens is 196 g/mol. The molecule has 4 atom stereocenters. The van der Waals surface area contributed by atoms with Crippen LogP contribution in [0.3, 0.4) is 0 Å². The minimum atomic E-state index is -0.608. The van der Waals surface area contributed by atoms with Crippen LogP contribution in [0.25, 0.3) is 0 Å². The molecule has 0 spiro atoms. The molecule has 1 aliphatic rings. The minimum Gasteiger partial charge on any atom is -0.387 e. The Hall–Kier alpha value is -0.160. The summed E-state index contributed by atoms with van der Waals surface area (Å²) in [6.07, 6.45) is -0.609. The van der Waals surface area contributed by atoms with Crippen molar-refractivity contribution >= 4 is 0 Å². The average Bonchev–Trinajstić information content (AvgIpc) is 2.28. The molecule has 0 aromatic carbocycles. The molecule has 1 saturated heterocycles. The first-order chi connectivity index (χ1) is 7.03. The van der Waals surface area contributed by atoms with Crippen molar-refractivity contribution in [2.24, 2.45) is 0 Å². The predicted molar refractivity (Wildman–Crippen MR) is 58.7 cm³/mol. The highest BCUT2D eigenvalue weighted by atomic mass is 16.7. The zero-order valence-electron chi connectivity index (χ0n) is 10.6. The van der Waals surface area contributed by atoms with Gasteiger partial charge in [-0.15, -0.1) is 0 Å². The van der Waals surface area contributed by atoms with Crippen molar-refractivity contribution in [1.82, 2.24) is 0 Å². The summed E-state index contributed by atoms with van der Waals surface area (Å²) in [5.74, 6) is 0. The monoisotopic (exact) mass is 220 g/mol. The molecule has 4 unspecified atom stereocenters. The van der Waals surface area contributed by atoms with Gasteiger partial charge in [0.05, 0.1) is 11.7 Å². The maximum Gasteiger partial charge on any atom is 0.160 e. The number of ether oxygens (including phenoxy) is 3. The molecule has 4 heteroatoms. The van der Waals surface area contributed by atoms with Gasteiger partial charge < -0.3 is 19.3 Å². The Morgan fingerprint density at radius 1 is 1.33 bits per heavy atom. The Morgan fingerprint density at radius 3 is 2.27 bits per heavy atom. The summed E-state index contributed by atoms with van der Waals surface area (Å²) in [5.41, 5.74) is -0.571. The number of methoxy groups -OCH3 is 2. The lowest BCUT2D eigenvalue weighted by molar-refractivity contribution is -0.271.